The minimum atomic E-state index is -4.79. The summed E-state index contributed by atoms with van der Waals surface area (Å²) in [4.78, 5) is 9.47. The van der Waals surface area contributed by atoms with Crippen molar-refractivity contribution in [3.8, 4) is 5.75 Å². The molecule has 0 fully saturated rings. The molecule has 0 aliphatic carbocycles. The number of hydrogen-bond donors (Lipinski definition) is 2. The molecule has 0 saturated heterocycles. The molecule has 0 unspecified atom stereocenters. The summed E-state index contributed by atoms with van der Waals surface area (Å²) in [5.41, 5.74) is 3.48. The number of carbonyl (C=O) groups is 1. The summed E-state index contributed by atoms with van der Waals surface area (Å²) in [6.45, 7) is 0. The molecule has 0 bridgehead atoms. The van der Waals surface area contributed by atoms with Crippen LogP contribution in [0, 0.1) is 0 Å². The van der Waals surface area contributed by atoms with Crippen molar-refractivity contribution in [1.29, 1.82) is 0 Å². The molecule has 0 aliphatic heterocycles. The molecular weight excluding hydrogens is 240 g/mol. The van der Waals surface area contributed by atoms with Crippen LogP contribution in [0.4, 0.5) is 5.69 Å². The average molecular weight is 245 g/mol. The predicted octanol–water partition coefficient (Wildman–Crippen LogP) is -8.04. The Balaban J connectivity index is 0. The van der Waals surface area contributed by atoms with Gasteiger partial charge >= 0.3 is 37.7 Å². The summed E-state index contributed by atoms with van der Waals surface area (Å²) < 4.78 is 30.0. The molecule has 0 atom stereocenters. The van der Waals surface area contributed by atoms with Crippen LogP contribution in [0.3, 0.4) is 0 Å². The number of nitrogen functional groups attached to an aromatic ring is 1. The van der Waals surface area contributed by atoms with E-state index in [1.54, 1.807) is 0 Å². The Kier molecular flexibility index (Phi) is 7.02. The zero-order chi connectivity index (χ0) is 11.8. The van der Waals surface area contributed by atoms with Crippen LogP contribution in [0.1, 0.15) is 10.4 Å². The molecule has 10 heteroatoms. The van der Waals surface area contributed by atoms with Gasteiger partial charge in [-0.1, -0.05) is 5.75 Å². The number of carboxylic acids is 1. The number of carboxylic acid groups (broad SMARTS) is 1. The molecule has 0 aromatic heterocycles. The monoisotopic (exact) mass is 245 g/mol. The molecule has 82 valence electrons. The molecule has 7 nitrogen and oxygen atoms in total. The molecule has 17 heavy (non-hydrogen) atoms. The SMILES string of the molecule is Nc1ccc(S(=O)(=O)O)c(C(=O)[O-])c1[O-].[Li+].[Li+]. The Labute approximate surface area is 121 Å². The minimum Gasteiger partial charge on any atom is -0.871 e. The molecule has 0 spiro atoms. The first kappa shape index (κ1) is 18.8. The van der Waals surface area contributed by atoms with Gasteiger partial charge in [0.05, 0.1) is 5.97 Å². The third-order valence-electron chi connectivity index (χ3n) is 1.63. The Hall–Kier alpha value is -0.605. The van der Waals surface area contributed by atoms with Crippen LogP contribution in [-0.2, 0) is 10.1 Å². The van der Waals surface area contributed by atoms with Gasteiger partial charge in [0.1, 0.15) is 4.90 Å². The first-order chi connectivity index (χ1) is 6.75. The molecule has 1 rings (SSSR count). The van der Waals surface area contributed by atoms with Crippen LogP contribution in [0.25, 0.3) is 0 Å². The number of hydrogen-bond acceptors (Lipinski definition) is 6. The zero-order valence-corrected chi connectivity index (χ0v) is 9.95. The van der Waals surface area contributed by atoms with Crippen molar-refractivity contribution in [2.45, 2.75) is 4.90 Å². The van der Waals surface area contributed by atoms with Crippen LogP contribution < -0.4 is 53.7 Å². The van der Waals surface area contributed by atoms with Crippen LogP contribution in [0.15, 0.2) is 17.0 Å². The van der Waals surface area contributed by atoms with E-state index in [9.17, 15) is 23.4 Å². The number of benzene rings is 1. The molecule has 0 saturated carbocycles. The summed E-state index contributed by atoms with van der Waals surface area (Å²) in [5.74, 6) is -3.22. The third kappa shape index (κ3) is 3.96. The molecule has 0 aliphatic rings. The molecule has 3 N–H and O–H groups in total. The van der Waals surface area contributed by atoms with Gasteiger partial charge in [-0.3, -0.25) is 4.55 Å². The molecule has 1 aromatic carbocycles. The van der Waals surface area contributed by atoms with Crippen molar-refractivity contribution in [3.05, 3.63) is 17.7 Å². The van der Waals surface area contributed by atoms with Gasteiger partial charge in [0.25, 0.3) is 10.1 Å². The first-order valence-corrected chi connectivity index (χ1v) is 4.97. The van der Waals surface area contributed by atoms with Crippen LogP contribution in [0.2, 0.25) is 0 Å². The van der Waals surface area contributed by atoms with E-state index in [0.29, 0.717) is 0 Å². The maximum atomic E-state index is 11.2. The van der Waals surface area contributed by atoms with Crippen molar-refractivity contribution in [1.82, 2.24) is 0 Å². The fourth-order valence-corrected chi connectivity index (χ4v) is 1.66. The maximum Gasteiger partial charge on any atom is 1.00 e. The second-order valence-corrected chi connectivity index (χ2v) is 4.01. The number of anilines is 1. The molecule has 0 amide bonds. The summed E-state index contributed by atoms with van der Waals surface area (Å²) >= 11 is 0. The van der Waals surface area contributed by atoms with Gasteiger partial charge < -0.3 is 20.7 Å². The van der Waals surface area contributed by atoms with E-state index >= 15 is 0 Å². The van der Waals surface area contributed by atoms with E-state index in [-0.39, 0.29) is 37.7 Å². The van der Waals surface area contributed by atoms with Crippen LogP contribution in [-0.4, -0.2) is 18.9 Å². The normalized spacial score (nSPS) is 9.94. The second kappa shape index (κ2) is 6.36. The van der Waals surface area contributed by atoms with Crippen molar-refractivity contribution in [3.63, 3.8) is 0 Å². The van der Waals surface area contributed by atoms with Gasteiger partial charge in [-0.15, -0.1) is 0 Å². The zero-order valence-electron chi connectivity index (χ0n) is 9.13. The quantitative estimate of drug-likeness (QED) is 0.299. The standard InChI is InChI=1S/C7H7NO6S.2Li/c8-3-1-2-4(15(12,13)14)5(6(3)9)7(10)11;;/h1-2,9H,8H2,(H,10,11)(H,12,13,14);;/q;2*+1/p-2. The van der Waals surface area contributed by atoms with Crippen LogP contribution >= 0.6 is 0 Å². The van der Waals surface area contributed by atoms with Gasteiger partial charge in [0.15, 0.2) is 0 Å². The minimum absolute atomic E-state index is 0. The fourth-order valence-electron chi connectivity index (χ4n) is 0.989. The Morgan fingerprint density at radius 1 is 1.29 bits per heavy atom. The first-order valence-electron chi connectivity index (χ1n) is 3.53. The van der Waals surface area contributed by atoms with Gasteiger partial charge in [-0.05, 0) is 12.1 Å². The summed E-state index contributed by atoms with van der Waals surface area (Å²) in [5, 5.41) is 21.7. The van der Waals surface area contributed by atoms with Crippen LogP contribution in [0.5, 0.6) is 5.75 Å². The van der Waals surface area contributed by atoms with E-state index in [4.69, 9.17) is 10.3 Å². The predicted molar refractivity (Wildman–Crippen MR) is 44.4 cm³/mol. The van der Waals surface area contributed by atoms with E-state index < -0.39 is 38.0 Å². The van der Waals surface area contributed by atoms with Crippen molar-refractivity contribution in [2.75, 3.05) is 5.73 Å². The number of rotatable bonds is 2. The molecular formula is C7H5Li2NO6S. The van der Waals surface area contributed by atoms with Crippen molar-refractivity contribution < 1.29 is 65.7 Å². The number of nitrogens with two attached hydrogens (primary N) is 1. The van der Waals surface area contributed by atoms with Crippen molar-refractivity contribution in [2.24, 2.45) is 0 Å². The number of aromatic carboxylic acids is 1. The number of carbonyl (C=O) groups excluding carboxylic acids is 1. The fraction of sp³-hybridized carbons (Fsp3) is 0. The third-order valence-corrected chi connectivity index (χ3v) is 2.53. The van der Waals surface area contributed by atoms with Gasteiger partial charge in [0.2, 0.25) is 0 Å². The Bertz CT molecular complexity index is 529. The molecule has 0 radical (unpaired) electrons. The van der Waals surface area contributed by atoms with Gasteiger partial charge in [0, 0.05) is 11.3 Å². The smallest absolute Gasteiger partial charge is 0.871 e. The molecule has 0 heterocycles. The second-order valence-electron chi connectivity index (χ2n) is 2.62. The topological polar surface area (TPSA) is 144 Å². The Morgan fingerprint density at radius 3 is 2.12 bits per heavy atom. The van der Waals surface area contributed by atoms with E-state index in [0.717, 1.165) is 12.1 Å². The maximum absolute atomic E-state index is 11.2. The Morgan fingerprint density at radius 2 is 1.76 bits per heavy atom. The van der Waals surface area contributed by atoms with Gasteiger partial charge in [-0.2, -0.15) is 8.42 Å². The van der Waals surface area contributed by atoms with E-state index in [2.05, 4.69) is 0 Å². The summed E-state index contributed by atoms with van der Waals surface area (Å²) in [6.07, 6.45) is 0. The average Bonchev–Trinajstić information content (AvgIpc) is 2.06. The van der Waals surface area contributed by atoms with E-state index in [1.807, 2.05) is 0 Å². The largest absolute Gasteiger partial charge is 1.00 e. The van der Waals surface area contributed by atoms with Gasteiger partial charge in [-0.25, -0.2) is 0 Å². The molecule has 1 aromatic rings. The summed E-state index contributed by atoms with van der Waals surface area (Å²) in [7, 11) is -4.79. The van der Waals surface area contributed by atoms with Crippen molar-refractivity contribution >= 4 is 21.8 Å². The van der Waals surface area contributed by atoms with E-state index in [1.165, 1.54) is 0 Å². The summed E-state index contributed by atoms with van der Waals surface area (Å²) in [6, 6.07) is 1.61.